The van der Waals surface area contributed by atoms with E-state index in [0.29, 0.717) is 11.4 Å². The Balaban J connectivity index is 2.76. The van der Waals surface area contributed by atoms with Gasteiger partial charge < -0.3 is 0 Å². The first kappa shape index (κ1) is 8.98. The summed E-state index contributed by atoms with van der Waals surface area (Å²) in [6.07, 6.45) is 2.07. The molecule has 0 bridgehead atoms. The molecule has 0 N–H and O–H groups in total. The lowest BCUT2D eigenvalue weighted by molar-refractivity contribution is 1.26. The van der Waals surface area contributed by atoms with Crippen LogP contribution in [0.15, 0.2) is 30.5 Å². The van der Waals surface area contributed by atoms with Crippen molar-refractivity contribution >= 4 is 22.5 Å². The van der Waals surface area contributed by atoms with E-state index >= 15 is 0 Å². The van der Waals surface area contributed by atoms with Crippen molar-refractivity contribution in [3.8, 4) is 6.07 Å². The molecule has 68 valence electrons. The zero-order valence-electron chi connectivity index (χ0n) is 7.37. The highest BCUT2D eigenvalue weighted by Gasteiger charge is 2.03. The summed E-state index contributed by atoms with van der Waals surface area (Å²) in [7, 11) is 0. The molecule has 2 aromatic rings. The van der Waals surface area contributed by atoms with Gasteiger partial charge in [-0.2, -0.15) is 5.26 Å². The number of benzene rings is 1. The summed E-state index contributed by atoms with van der Waals surface area (Å²) in [5, 5.41) is 10.2. The fourth-order valence-electron chi connectivity index (χ4n) is 1.44. The van der Waals surface area contributed by atoms with Gasteiger partial charge in [-0.15, -0.1) is 0 Å². The summed E-state index contributed by atoms with van der Waals surface area (Å²) in [5.74, 6) is 0. The van der Waals surface area contributed by atoms with Crippen LogP contribution in [0.5, 0.6) is 0 Å². The lowest BCUT2D eigenvalue weighted by Crippen LogP contribution is -1.87. The Hall–Kier alpha value is -1.59. The number of rotatable bonds is 1. The SMILES string of the molecule is N#CCc1ccnc2c(Cl)cccc12. The first-order valence-electron chi connectivity index (χ1n) is 4.22. The van der Waals surface area contributed by atoms with Gasteiger partial charge in [-0.05, 0) is 17.7 Å². The number of fused-ring (bicyclic) bond motifs is 1. The van der Waals surface area contributed by atoms with Gasteiger partial charge >= 0.3 is 0 Å². The Labute approximate surface area is 86.8 Å². The molecule has 2 nitrogen and oxygen atoms in total. The van der Waals surface area contributed by atoms with Crippen LogP contribution in [0.2, 0.25) is 5.02 Å². The van der Waals surface area contributed by atoms with E-state index in [1.165, 1.54) is 0 Å². The van der Waals surface area contributed by atoms with Crippen LogP contribution in [0, 0.1) is 11.3 Å². The van der Waals surface area contributed by atoms with Crippen molar-refractivity contribution in [1.29, 1.82) is 5.26 Å². The molecule has 0 amide bonds. The molecule has 1 heterocycles. The third-order valence-corrected chi connectivity index (χ3v) is 2.39. The van der Waals surface area contributed by atoms with E-state index in [1.54, 1.807) is 12.3 Å². The Kier molecular flexibility index (Phi) is 2.34. The highest BCUT2D eigenvalue weighted by atomic mass is 35.5. The van der Waals surface area contributed by atoms with E-state index in [4.69, 9.17) is 16.9 Å². The number of pyridine rings is 1. The summed E-state index contributed by atoms with van der Waals surface area (Å²) >= 11 is 5.98. The van der Waals surface area contributed by atoms with Gasteiger partial charge in [0.2, 0.25) is 0 Å². The number of para-hydroxylation sites is 1. The summed E-state index contributed by atoms with van der Waals surface area (Å²) in [6.45, 7) is 0. The molecule has 0 aliphatic heterocycles. The van der Waals surface area contributed by atoms with Gasteiger partial charge in [-0.1, -0.05) is 23.7 Å². The number of aromatic nitrogens is 1. The predicted molar refractivity (Wildman–Crippen MR) is 56.1 cm³/mol. The monoisotopic (exact) mass is 202 g/mol. The van der Waals surface area contributed by atoms with E-state index in [-0.39, 0.29) is 0 Å². The lowest BCUT2D eigenvalue weighted by Gasteiger charge is -2.02. The largest absolute Gasteiger partial charge is 0.255 e. The smallest absolute Gasteiger partial charge is 0.0891 e. The van der Waals surface area contributed by atoms with Crippen molar-refractivity contribution in [2.24, 2.45) is 0 Å². The number of nitriles is 1. The molecule has 0 saturated heterocycles. The van der Waals surface area contributed by atoms with Gasteiger partial charge in [-0.3, -0.25) is 4.98 Å². The standard InChI is InChI=1S/C11H7ClN2/c12-10-3-1-2-9-8(4-6-13)5-7-14-11(9)10/h1-3,5,7H,4H2. The number of hydrogen-bond donors (Lipinski definition) is 0. The van der Waals surface area contributed by atoms with E-state index in [0.717, 1.165) is 16.5 Å². The van der Waals surface area contributed by atoms with Gasteiger partial charge in [0.15, 0.2) is 0 Å². The van der Waals surface area contributed by atoms with Crippen LogP contribution in [0.4, 0.5) is 0 Å². The number of hydrogen-bond acceptors (Lipinski definition) is 2. The van der Waals surface area contributed by atoms with Gasteiger partial charge in [-0.25, -0.2) is 0 Å². The normalized spacial score (nSPS) is 10.0. The van der Waals surface area contributed by atoms with Crippen LogP contribution in [-0.2, 0) is 6.42 Å². The minimum atomic E-state index is 0.388. The summed E-state index contributed by atoms with van der Waals surface area (Å²) in [6, 6.07) is 9.57. The molecule has 0 radical (unpaired) electrons. The highest BCUT2D eigenvalue weighted by Crippen LogP contribution is 2.23. The molecular formula is C11H7ClN2. The first-order valence-corrected chi connectivity index (χ1v) is 4.60. The maximum Gasteiger partial charge on any atom is 0.0891 e. The average molecular weight is 203 g/mol. The van der Waals surface area contributed by atoms with Crippen molar-refractivity contribution < 1.29 is 0 Å². The van der Waals surface area contributed by atoms with Crippen LogP contribution in [0.1, 0.15) is 5.56 Å². The van der Waals surface area contributed by atoms with Gasteiger partial charge in [0, 0.05) is 11.6 Å². The van der Waals surface area contributed by atoms with Gasteiger partial charge in [0.1, 0.15) is 0 Å². The van der Waals surface area contributed by atoms with Crippen LogP contribution in [0.3, 0.4) is 0 Å². The molecule has 0 fully saturated rings. The van der Waals surface area contributed by atoms with Gasteiger partial charge in [0.05, 0.1) is 23.0 Å². The average Bonchev–Trinajstić information content (AvgIpc) is 2.20. The van der Waals surface area contributed by atoms with Crippen molar-refractivity contribution in [3.63, 3.8) is 0 Å². The summed E-state index contributed by atoms with van der Waals surface area (Å²) in [5.41, 5.74) is 1.74. The molecular weight excluding hydrogens is 196 g/mol. The summed E-state index contributed by atoms with van der Waals surface area (Å²) in [4.78, 5) is 4.18. The number of halogens is 1. The Bertz CT molecular complexity index is 514. The maximum absolute atomic E-state index is 8.65. The second-order valence-electron chi connectivity index (χ2n) is 2.94. The molecule has 0 aliphatic rings. The van der Waals surface area contributed by atoms with Crippen LogP contribution < -0.4 is 0 Å². The van der Waals surface area contributed by atoms with E-state index in [9.17, 15) is 0 Å². The van der Waals surface area contributed by atoms with E-state index in [1.807, 2.05) is 18.2 Å². The van der Waals surface area contributed by atoms with Crippen LogP contribution in [0.25, 0.3) is 10.9 Å². The predicted octanol–water partition coefficient (Wildman–Crippen LogP) is 2.95. The molecule has 1 aromatic carbocycles. The molecule has 0 saturated carbocycles. The maximum atomic E-state index is 8.65. The molecule has 0 spiro atoms. The van der Waals surface area contributed by atoms with Gasteiger partial charge in [0.25, 0.3) is 0 Å². The summed E-state index contributed by atoms with van der Waals surface area (Å²) < 4.78 is 0. The molecule has 0 aliphatic carbocycles. The minimum Gasteiger partial charge on any atom is -0.255 e. The third kappa shape index (κ3) is 1.43. The fraction of sp³-hybridized carbons (Fsp3) is 0.0909. The van der Waals surface area contributed by atoms with Crippen LogP contribution >= 0.6 is 11.6 Å². The molecule has 0 atom stereocenters. The zero-order valence-corrected chi connectivity index (χ0v) is 8.12. The van der Waals surface area contributed by atoms with Crippen molar-refractivity contribution in [2.75, 3.05) is 0 Å². The van der Waals surface area contributed by atoms with Crippen molar-refractivity contribution in [3.05, 3.63) is 41.0 Å². The Morgan fingerprint density at radius 2 is 2.21 bits per heavy atom. The lowest BCUT2D eigenvalue weighted by atomic mass is 10.1. The van der Waals surface area contributed by atoms with Crippen molar-refractivity contribution in [2.45, 2.75) is 6.42 Å². The van der Waals surface area contributed by atoms with E-state index < -0.39 is 0 Å². The Morgan fingerprint density at radius 1 is 1.36 bits per heavy atom. The minimum absolute atomic E-state index is 0.388. The molecule has 1 aromatic heterocycles. The highest BCUT2D eigenvalue weighted by molar-refractivity contribution is 6.35. The second kappa shape index (κ2) is 3.65. The van der Waals surface area contributed by atoms with E-state index in [2.05, 4.69) is 11.1 Å². The third-order valence-electron chi connectivity index (χ3n) is 2.08. The first-order chi connectivity index (χ1) is 6.83. The molecule has 0 unspecified atom stereocenters. The number of nitrogens with zero attached hydrogens (tertiary/aromatic N) is 2. The fourth-order valence-corrected chi connectivity index (χ4v) is 1.66. The van der Waals surface area contributed by atoms with Crippen LogP contribution in [-0.4, -0.2) is 4.98 Å². The molecule has 2 rings (SSSR count). The Morgan fingerprint density at radius 3 is 3.00 bits per heavy atom. The quantitative estimate of drug-likeness (QED) is 0.713. The molecule has 14 heavy (non-hydrogen) atoms. The second-order valence-corrected chi connectivity index (χ2v) is 3.35. The molecule has 3 heteroatoms. The zero-order chi connectivity index (χ0) is 9.97. The van der Waals surface area contributed by atoms with Crippen molar-refractivity contribution in [1.82, 2.24) is 4.98 Å². The topological polar surface area (TPSA) is 36.7 Å².